The molecule has 1 fully saturated rings. The predicted octanol–water partition coefficient (Wildman–Crippen LogP) is 2.38. The lowest BCUT2D eigenvalue weighted by Gasteiger charge is -2.22. The third kappa shape index (κ3) is 3.62. The first kappa shape index (κ1) is 16.2. The predicted molar refractivity (Wildman–Crippen MR) is 91.8 cm³/mol. The summed E-state index contributed by atoms with van der Waals surface area (Å²) in [5.74, 6) is 0.0409. The van der Waals surface area contributed by atoms with Gasteiger partial charge >= 0.3 is 0 Å². The van der Waals surface area contributed by atoms with Gasteiger partial charge in [-0.05, 0) is 37.6 Å². The van der Waals surface area contributed by atoms with E-state index >= 15 is 0 Å². The molecule has 1 aromatic heterocycles. The number of nitrogens with zero attached hydrogens (tertiary/aromatic N) is 3. The van der Waals surface area contributed by atoms with Gasteiger partial charge in [0.15, 0.2) is 0 Å². The monoisotopic (exact) mass is 323 g/mol. The van der Waals surface area contributed by atoms with E-state index < -0.39 is 0 Å². The van der Waals surface area contributed by atoms with E-state index in [1.807, 2.05) is 41.0 Å². The Hall–Kier alpha value is -2.69. The Bertz CT molecular complexity index is 730. The molecule has 5 heteroatoms. The van der Waals surface area contributed by atoms with E-state index in [-0.39, 0.29) is 11.8 Å². The highest BCUT2D eigenvalue weighted by molar-refractivity contribution is 5.95. The van der Waals surface area contributed by atoms with Crippen LogP contribution in [0.4, 0.5) is 0 Å². The fourth-order valence-corrected chi connectivity index (χ4v) is 2.96. The smallest absolute Gasteiger partial charge is 0.254 e. The van der Waals surface area contributed by atoms with Crippen LogP contribution in [0.2, 0.25) is 0 Å². The summed E-state index contributed by atoms with van der Waals surface area (Å²) in [4.78, 5) is 32.8. The molecular weight excluding hydrogens is 302 g/mol. The van der Waals surface area contributed by atoms with Gasteiger partial charge in [-0.1, -0.05) is 17.7 Å². The van der Waals surface area contributed by atoms with Crippen LogP contribution in [0.5, 0.6) is 0 Å². The van der Waals surface area contributed by atoms with Gasteiger partial charge < -0.3 is 9.80 Å². The fraction of sp³-hybridized carbons (Fsp3) is 0.316. The van der Waals surface area contributed by atoms with Crippen molar-refractivity contribution < 1.29 is 9.59 Å². The van der Waals surface area contributed by atoms with Crippen LogP contribution < -0.4 is 0 Å². The molecule has 1 aliphatic heterocycles. The van der Waals surface area contributed by atoms with Crippen molar-refractivity contribution >= 4 is 11.8 Å². The molecule has 124 valence electrons. The molecule has 5 nitrogen and oxygen atoms in total. The Kier molecular flexibility index (Phi) is 4.89. The molecule has 3 rings (SSSR count). The van der Waals surface area contributed by atoms with Gasteiger partial charge in [0, 0.05) is 49.7 Å². The maximum atomic E-state index is 12.7. The van der Waals surface area contributed by atoms with E-state index in [2.05, 4.69) is 4.98 Å². The van der Waals surface area contributed by atoms with Crippen LogP contribution in [0, 0.1) is 6.92 Å². The number of pyridine rings is 1. The van der Waals surface area contributed by atoms with E-state index in [4.69, 9.17) is 0 Å². The summed E-state index contributed by atoms with van der Waals surface area (Å²) in [5, 5.41) is 0. The SMILES string of the molecule is Cc1cccc(C(=O)N2CCCN(C(=O)c3ccncc3)CC2)c1. The third-order valence-electron chi connectivity index (χ3n) is 4.26. The number of hydrogen-bond donors (Lipinski definition) is 0. The highest BCUT2D eigenvalue weighted by Gasteiger charge is 2.23. The van der Waals surface area contributed by atoms with E-state index in [0.29, 0.717) is 37.3 Å². The lowest BCUT2D eigenvalue weighted by atomic mass is 10.1. The molecule has 0 aliphatic carbocycles. The van der Waals surface area contributed by atoms with Gasteiger partial charge in [0.2, 0.25) is 0 Å². The van der Waals surface area contributed by atoms with Crippen molar-refractivity contribution in [2.45, 2.75) is 13.3 Å². The molecule has 0 unspecified atom stereocenters. The molecule has 1 saturated heterocycles. The minimum atomic E-state index is 0.00209. The summed E-state index contributed by atoms with van der Waals surface area (Å²) >= 11 is 0. The van der Waals surface area contributed by atoms with Crippen molar-refractivity contribution in [1.29, 1.82) is 0 Å². The molecule has 2 amide bonds. The molecule has 1 aliphatic rings. The van der Waals surface area contributed by atoms with Gasteiger partial charge in [-0.25, -0.2) is 0 Å². The molecule has 0 radical (unpaired) electrons. The van der Waals surface area contributed by atoms with Crippen molar-refractivity contribution in [3.63, 3.8) is 0 Å². The number of carbonyl (C=O) groups is 2. The summed E-state index contributed by atoms with van der Waals surface area (Å²) < 4.78 is 0. The quantitative estimate of drug-likeness (QED) is 0.852. The number of rotatable bonds is 2. The Morgan fingerprint density at radius 1 is 0.875 bits per heavy atom. The lowest BCUT2D eigenvalue weighted by Crippen LogP contribution is -2.37. The van der Waals surface area contributed by atoms with Gasteiger partial charge in [-0.15, -0.1) is 0 Å². The third-order valence-corrected chi connectivity index (χ3v) is 4.26. The van der Waals surface area contributed by atoms with E-state index in [0.717, 1.165) is 12.0 Å². The normalized spacial score (nSPS) is 15.0. The van der Waals surface area contributed by atoms with Crippen LogP contribution >= 0.6 is 0 Å². The van der Waals surface area contributed by atoms with Crippen molar-refractivity contribution in [3.8, 4) is 0 Å². The number of amides is 2. The zero-order valence-corrected chi connectivity index (χ0v) is 13.8. The number of aromatic nitrogens is 1. The Morgan fingerprint density at radius 3 is 2.12 bits per heavy atom. The molecule has 2 aromatic rings. The van der Waals surface area contributed by atoms with Crippen molar-refractivity contribution in [2.24, 2.45) is 0 Å². The number of benzene rings is 1. The topological polar surface area (TPSA) is 53.5 Å². The molecule has 0 bridgehead atoms. The van der Waals surface area contributed by atoms with Crippen LogP contribution in [0.1, 0.15) is 32.7 Å². The number of carbonyl (C=O) groups excluding carboxylic acids is 2. The summed E-state index contributed by atoms with van der Waals surface area (Å²) in [6.07, 6.45) is 4.03. The summed E-state index contributed by atoms with van der Waals surface area (Å²) in [6, 6.07) is 11.1. The van der Waals surface area contributed by atoms with Crippen LogP contribution in [0.15, 0.2) is 48.8 Å². The highest BCUT2D eigenvalue weighted by Crippen LogP contribution is 2.13. The highest BCUT2D eigenvalue weighted by atomic mass is 16.2. The number of hydrogen-bond acceptors (Lipinski definition) is 3. The van der Waals surface area contributed by atoms with E-state index in [1.165, 1.54) is 0 Å². The van der Waals surface area contributed by atoms with Gasteiger partial charge in [-0.2, -0.15) is 0 Å². The zero-order valence-electron chi connectivity index (χ0n) is 13.8. The van der Waals surface area contributed by atoms with Gasteiger partial charge in [-0.3, -0.25) is 14.6 Å². The maximum absolute atomic E-state index is 12.7. The van der Waals surface area contributed by atoms with Crippen LogP contribution in [-0.4, -0.2) is 52.8 Å². The number of aryl methyl sites for hydroxylation is 1. The lowest BCUT2D eigenvalue weighted by molar-refractivity contribution is 0.0718. The summed E-state index contributed by atoms with van der Waals surface area (Å²) in [5.41, 5.74) is 2.43. The zero-order chi connectivity index (χ0) is 16.9. The molecule has 0 saturated carbocycles. The molecule has 24 heavy (non-hydrogen) atoms. The maximum Gasteiger partial charge on any atom is 0.254 e. The van der Waals surface area contributed by atoms with Crippen molar-refractivity contribution in [3.05, 3.63) is 65.5 Å². The Morgan fingerprint density at radius 2 is 1.50 bits per heavy atom. The molecule has 0 spiro atoms. The van der Waals surface area contributed by atoms with Crippen molar-refractivity contribution in [1.82, 2.24) is 14.8 Å². The van der Waals surface area contributed by atoms with Gasteiger partial charge in [0.25, 0.3) is 11.8 Å². The molecule has 0 atom stereocenters. The Balaban J connectivity index is 1.67. The fourth-order valence-electron chi connectivity index (χ4n) is 2.96. The first-order valence-corrected chi connectivity index (χ1v) is 8.20. The van der Waals surface area contributed by atoms with Crippen molar-refractivity contribution in [2.75, 3.05) is 26.2 Å². The molecule has 2 heterocycles. The largest absolute Gasteiger partial charge is 0.337 e. The second-order valence-electron chi connectivity index (χ2n) is 6.04. The minimum Gasteiger partial charge on any atom is -0.337 e. The molecule has 1 aromatic carbocycles. The second-order valence-corrected chi connectivity index (χ2v) is 6.04. The minimum absolute atomic E-state index is 0.00209. The first-order valence-electron chi connectivity index (χ1n) is 8.20. The van der Waals surface area contributed by atoms with Crippen LogP contribution in [-0.2, 0) is 0 Å². The average molecular weight is 323 g/mol. The summed E-state index contributed by atoms with van der Waals surface area (Å²) in [6.45, 7) is 4.43. The molecular formula is C19H21N3O2. The standard InChI is InChI=1S/C19H21N3O2/c1-15-4-2-5-17(14-15)19(24)22-11-3-10-21(12-13-22)18(23)16-6-8-20-9-7-16/h2,4-9,14H,3,10-13H2,1H3. The molecule has 0 N–H and O–H groups in total. The summed E-state index contributed by atoms with van der Waals surface area (Å²) in [7, 11) is 0. The average Bonchev–Trinajstić information content (AvgIpc) is 2.87. The van der Waals surface area contributed by atoms with Gasteiger partial charge in [0.05, 0.1) is 0 Å². The Labute approximate surface area is 141 Å². The van der Waals surface area contributed by atoms with Crippen LogP contribution in [0.3, 0.4) is 0 Å². The second kappa shape index (κ2) is 7.25. The van der Waals surface area contributed by atoms with Gasteiger partial charge in [0.1, 0.15) is 0 Å². The first-order chi connectivity index (χ1) is 11.6. The van der Waals surface area contributed by atoms with Crippen LogP contribution in [0.25, 0.3) is 0 Å². The van der Waals surface area contributed by atoms with E-state index in [9.17, 15) is 9.59 Å². The van der Waals surface area contributed by atoms with E-state index in [1.54, 1.807) is 24.5 Å².